The molecule has 0 bridgehead atoms. The van der Waals surface area contributed by atoms with Gasteiger partial charge >= 0.3 is 5.97 Å². The van der Waals surface area contributed by atoms with Crippen LogP contribution in [0.4, 0.5) is 0 Å². The number of nitrogens with zero attached hydrogens (tertiary/aromatic N) is 1. The van der Waals surface area contributed by atoms with E-state index >= 15 is 0 Å². The summed E-state index contributed by atoms with van der Waals surface area (Å²) in [4.78, 5) is 39.8. The number of hydrogen-bond donors (Lipinski definition) is 1. The Kier molecular flexibility index (Phi) is 48.5. The molecule has 0 heterocycles. The highest BCUT2D eigenvalue weighted by atomic mass is 31.2. The van der Waals surface area contributed by atoms with Gasteiger partial charge in [0, 0.05) is 12.8 Å². The van der Waals surface area contributed by atoms with Crippen molar-refractivity contribution in [2.45, 2.75) is 290 Å². The summed E-state index contributed by atoms with van der Waals surface area (Å²) < 4.78 is 30.2. The summed E-state index contributed by atoms with van der Waals surface area (Å²) in [5, 5.41) is 2.98. The molecule has 1 N–H and O–H groups in total. The normalized spacial score (nSPS) is 14.0. The first-order valence-electron chi connectivity index (χ1n) is 29.3. The maximum Gasteiger partial charge on any atom is 0.306 e. The smallest absolute Gasteiger partial charge is 0.306 e. The summed E-state index contributed by atoms with van der Waals surface area (Å²) in [7, 11) is 1.16. The fraction of sp³-hybridized carbons (Fsp3) is 0.864. The first kappa shape index (κ1) is 67.2. The number of rotatable bonds is 53. The van der Waals surface area contributed by atoms with Gasteiger partial charge in [-0.2, -0.15) is 0 Å². The molecule has 3 unspecified atom stereocenters. The van der Waals surface area contributed by atoms with Gasteiger partial charge in [0.05, 0.1) is 33.8 Å². The number of phosphoric acid groups is 1. The van der Waals surface area contributed by atoms with Crippen LogP contribution in [0.15, 0.2) is 36.5 Å². The lowest BCUT2D eigenvalue weighted by molar-refractivity contribution is -0.870. The maximum absolute atomic E-state index is 13.4. The lowest BCUT2D eigenvalue weighted by Crippen LogP contribution is -2.47. The van der Waals surface area contributed by atoms with Gasteiger partial charge in [-0.25, -0.2) is 0 Å². The van der Waals surface area contributed by atoms with Crippen molar-refractivity contribution < 1.29 is 37.3 Å². The number of carbonyl (C=O) groups excluding carboxylic acids is 2. The van der Waals surface area contributed by atoms with Crippen LogP contribution in [0, 0.1) is 0 Å². The van der Waals surface area contributed by atoms with Gasteiger partial charge in [-0.15, -0.1) is 0 Å². The number of nitrogens with one attached hydrogen (secondary N) is 1. The van der Waals surface area contributed by atoms with Gasteiger partial charge in [0.25, 0.3) is 7.82 Å². The van der Waals surface area contributed by atoms with Crippen molar-refractivity contribution in [3.63, 3.8) is 0 Å². The highest BCUT2D eigenvalue weighted by Gasteiger charge is 2.27. The Hall–Kier alpha value is -1.77. The molecule has 10 heteroatoms. The zero-order valence-electron chi connectivity index (χ0n) is 46.3. The van der Waals surface area contributed by atoms with E-state index in [1.165, 1.54) is 186 Å². The average Bonchev–Trinajstić information content (AvgIpc) is 3.31. The van der Waals surface area contributed by atoms with Crippen LogP contribution in [0.3, 0.4) is 0 Å². The molecular weight excluding hydrogens is 880 g/mol. The number of allylic oxidation sites excluding steroid dienone is 5. The third kappa shape index (κ3) is 51.0. The van der Waals surface area contributed by atoms with Crippen LogP contribution in [-0.4, -0.2) is 69.4 Å². The van der Waals surface area contributed by atoms with Crippen molar-refractivity contribution in [2.24, 2.45) is 0 Å². The van der Waals surface area contributed by atoms with Crippen molar-refractivity contribution >= 4 is 19.7 Å². The summed E-state index contributed by atoms with van der Waals surface area (Å²) in [5.74, 6) is -0.610. The number of quaternary nitrogens is 1. The Bertz CT molecular complexity index is 1280. The Balaban J connectivity index is 5.28. The molecule has 0 saturated heterocycles. The highest BCUT2D eigenvalue weighted by Crippen LogP contribution is 2.38. The van der Waals surface area contributed by atoms with E-state index in [-0.39, 0.29) is 31.3 Å². The average molecular weight is 994 g/mol. The molecule has 0 aliphatic carbocycles. The van der Waals surface area contributed by atoms with E-state index in [9.17, 15) is 19.0 Å². The minimum absolute atomic E-state index is 0.0294. The van der Waals surface area contributed by atoms with Crippen LogP contribution < -0.4 is 10.2 Å². The standard InChI is InChI=1S/C59H113N2O7P/c1-7-10-13-16-19-22-25-27-28-29-30-31-32-34-37-40-43-46-49-52-59(63)68-57(50-47-44-41-38-35-24-21-18-15-12-9-3)56(55-67-69(64,65)66-54-53-61(4,5)6)60-58(62)51-48-45-42-39-36-33-26-23-20-17-14-11-8-2/h33,36,42,45,47,50,56-57H,7-32,34-35,37-41,43-44,46,48-49,51-55H2,1-6H3,(H-,60,62,64,65)/b36-33-,45-42+,50-47-. The monoisotopic (exact) mass is 993 g/mol. The molecule has 0 spiro atoms. The number of carbonyl (C=O) groups is 2. The molecule has 0 radical (unpaired) electrons. The Morgan fingerprint density at radius 1 is 0.507 bits per heavy atom. The van der Waals surface area contributed by atoms with Gasteiger partial charge in [0.2, 0.25) is 5.91 Å². The van der Waals surface area contributed by atoms with E-state index in [4.69, 9.17) is 13.8 Å². The van der Waals surface area contributed by atoms with Crippen molar-refractivity contribution in [1.29, 1.82) is 0 Å². The van der Waals surface area contributed by atoms with E-state index in [1.807, 2.05) is 39.4 Å². The highest BCUT2D eigenvalue weighted by molar-refractivity contribution is 7.45. The summed E-state index contributed by atoms with van der Waals surface area (Å²) in [6.45, 7) is 6.80. The van der Waals surface area contributed by atoms with Crippen LogP contribution >= 0.6 is 7.82 Å². The number of unbranched alkanes of at least 4 members (excludes halogenated alkanes) is 33. The number of likely N-dealkylation sites (N-methyl/N-ethyl adjacent to an activating group) is 1. The quantitative estimate of drug-likeness (QED) is 0.0212. The van der Waals surface area contributed by atoms with Gasteiger partial charge < -0.3 is 28.5 Å². The molecule has 0 aromatic heterocycles. The Morgan fingerprint density at radius 3 is 1.33 bits per heavy atom. The topological polar surface area (TPSA) is 114 Å². The van der Waals surface area contributed by atoms with E-state index < -0.39 is 26.6 Å². The van der Waals surface area contributed by atoms with Crippen molar-refractivity contribution in [3.8, 4) is 0 Å². The van der Waals surface area contributed by atoms with Gasteiger partial charge in [-0.3, -0.25) is 14.2 Å². The fourth-order valence-corrected chi connectivity index (χ4v) is 9.24. The molecule has 0 aliphatic heterocycles. The van der Waals surface area contributed by atoms with E-state index in [0.717, 1.165) is 51.4 Å². The minimum Gasteiger partial charge on any atom is -0.756 e. The lowest BCUT2D eigenvalue weighted by atomic mass is 10.0. The van der Waals surface area contributed by atoms with Crippen molar-refractivity contribution in [2.75, 3.05) is 40.9 Å². The first-order chi connectivity index (χ1) is 33.4. The SMILES string of the molecule is CCCCCCCC/C=C\C/C=C/CCC(=O)NC(COP(=O)([O-])OCC[N+](C)(C)C)C(/C=C\CCCCCCCCCCC)OC(=O)CCCCCCCCCCCCCCCCCCCCC. The second-order valence-electron chi connectivity index (χ2n) is 21.2. The molecule has 0 aromatic rings. The van der Waals surface area contributed by atoms with Crippen LogP contribution in [0.2, 0.25) is 0 Å². The van der Waals surface area contributed by atoms with E-state index in [2.05, 4.69) is 44.3 Å². The van der Waals surface area contributed by atoms with Crippen LogP contribution in [0.1, 0.15) is 278 Å². The molecule has 1 amide bonds. The van der Waals surface area contributed by atoms with E-state index in [0.29, 0.717) is 17.4 Å². The largest absolute Gasteiger partial charge is 0.756 e. The molecular formula is C59H113N2O7P. The molecule has 0 aliphatic rings. The summed E-state index contributed by atoms with van der Waals surface area (Å²) >= 11 is 0. The molecule has 0 saturated carbocycles. The van der Waals surface area contributed by atoms with Crippen molar-refractivity contribution in [3.05, 3.63) is 36.5 Å². The van der Waals surface area contributed by atoms with Gasteiger partial charge in [0.15, 0.2) is 0 Å². The lowest BCUT2D eigenvalue weighted by Gasteiger charge is -2.30. The zero-order chi connectivity index (χ0) is 50.8. The minimum atomic E-state index is -4.70. The molecule has 0 fully saturated rings. The number of amides is 1. The second-order valence-corrected chi connectivity index (χ2v) is 22.6. The van der Waals surface area contributed by atoms with Crippen LogP contribution in [-0.2, 0) is 27.9 Å². The van der Waals surface area contributed by atoms with Crippen LogP contribution in [0.5, 0.6) is 0 Å². The van der Waals surface area contributed by atoms with Gasteiger partial charge in [0.1, 0.15) is 19.3 Å². The number of phosphoric ester groups is 1. The second kappa shape index (κ2) is 49.8. The molecule has 69 heavy (non-hydrogen) atoms. The van der Waals surface area contributed by atoms with Gasteiger partial charge in [-0.05, 0) is 51.0 Å². The predicted octanol–water partition coefficient (Wildman–Crippen LogP) is 16.9. The van der Waals surface area contributed by atoms with Crippen LogP contribution in [0.25, 0.3) is 0 Å². The maximum atomic E-state index is 13.4. The third-order valence-electron chi connectivity index (χ3n) is 13.1. The molecule has 9 nitrogen and oxygen atoms in total. The zero-order valence-corrected chi connectivity index (χ0v) is 47.2. The number of ether oxygens (including phenoxy) is 1. The number of esters is 1. The fourth-order valence-electron chi connectivity index (χ4n) is 8.51. The third-order valence-corrected chi connectivity index (χ3v) is 14.1. The summed E-state index contributed by atoms with van der Waals surface area (Å²) in [6.07, 6.45) is 58.5. The van der Waals surface area contributed by atoms with Crippen molar-refractivity contribution in [1.82, 2.24) is 5.32 Å². The molecule has 3 atom stereocenters. The first-order valence-corrected chi connectivity index (χ1v) is 30.8. The molecule has 406 valence electrons. The summed E-state index contributed by atoms with van der Waals surface area (Å²) in [6, 6.07) is -0.913. The summed E-state index contributed by atoms with van der Waals surface area (Å²) in [5.41, 5.74) is 0. The van der Waals surface area contributed by atoms with Gasteiger partial charge in [-0.1, -0.05) is 250 Å². The van der Waals surface area contributed by atoms with E-state index in [1.54, 1.807) is 0 Å². The molecule has 0 aromatic carbocycles. The predicted molar refractivity (Wildman–Crippen MR) is 293 cm³/mol. The molecule has 0 rings (SSSR count). The number of hydrogen-bond acceptors (Lipinski definition) is 7. The Labute approximate surface area is 427 Å². The Morgan fingerprint density at radius 2 is 0.899 bits per heavy atom.